The lowest BCUT2D eigenvalue weighted by Crippen LogP contribution is -2.28. The zero-order chi connectivity index (χ0) is 10.7. The van der Waals surface area contributed by atoms with Crippen molar-refractivity contribution < 1.29 is 14.4 Å². The first-order chi connectivity index (χ1) is 7.25. The normalized spacial score (nSPS) is 17.9. The summed E-state index contributed by atoms with van der Waals surface area (Å²) in [6.45, 7) is 2.06. The third-order valence-corrected chi connectivity index (χ3v) is 2.73. The standard InChI is InChI=1S/C10H14N2O3/c13-10(14)9-6-8(15-12-9)5-7-1-3-11-4-2-7/h6-7,11H,1-5H2,(H,13,14). The number of carboxylic acids is 1. The van der Waals surface area contributed by atoms with E-state index in [0.717, 1.165) is 32.4 Å². The van der Waals surface area contributed by atoms with E-state index in [9.17, 15) is 4.79 Å². The van der Waals surface area contributed by atoms with Crippen molar-refractivity contribution in [1.82, 2.24) is 10.5 Å². The average molecular weight is 210 g/mol. The molecular weight excluding hydrogens is 196 g/mol. The zero-order valence-electron chi connectivity index (χ0n) is 8.40. The smallest absolute Gasteiger partial charge is 0.358 e. The molecule has 15 heavy (non-hydrogen) atoms. The summed E-state index contributed by atoms with van der Waals surface area (Å²) >= 11 is 0. The minimum atomic E-state index is -1.03. The van der Waals surface area contributed by atoms with Crippen LogP contribution in [0.25, 0.3) is 0 Å². The average Bonchev–Trinajstić information content (AvgIpc) is 2.68. The van der Waals surface area contributed by atoms with Gasteiger partial charge in [-0.1, -0.05) is 5.16 Å². The lowest BCUT2D eigenvalue weighted by Gasteiger charge is -2.21. The Bertz CT molecular complexity index is 342. The highest BCUT2D eigenvalue weighted by Gasteiger charge is 2.17. The lowest BCUT2D eigenvalue weighted by molar-refractivity contribution is 0.0685. The number of piperidine rings is 1. The molecule has 2 N–H and O–H groups in total. The molecule has 0 aliphatic carbocycles. The third-order valence-electron chi connectivity index (χ3n) is 2.73. The Kier molecular flexibility index (Phi) is 3.01. The summed E-state index contributed by atoms with van der Waals surface area (Å²) in [5.41, 5.74) is -0.000987. The van der Waals surface area contributed by atoms with Gasteiger partial charge in [-0.3, -0.25) is 0 Å². The second kappa shape index (κ2) is 4.44. The van der Waals surface area contributed by atoms with Gasteiger partial charge in [0.15, 0.2) is 5.69 Å². The number of nitrogens with zero attached hydrogens (tertiary/aromatic N) is 1. The van der Waals surface area contributed by atoms with Gasteiger partial charge < -0.3 is 14.9 Å². The molecular formula is C10H14N2O3. The van der Waals surface area contributed by atoms with Crippen molar-refractivity contribution in [2.45, 2.75) is 19.3 Å². The van der Waals surface area contributed by atoms with E-state index in [2.05, 4.69) is 10.5 Å². The molecule has 0 saturated carbocycles. The molecule has 0 unspecified atom stereocenters. The van der Waals surface area contributed by atoms with Gasteiger partial charge in [-0.05, 0) is 31.8 Å². The van der Waals surface area contributed by atoms with Gasteiger partial charge in [0.2, 0.25) is 0 Å². The van der Waals surface area contributed by atoms with Crippen LogP contribution < -0.4 is 5.32 Å². The van der Waals surface area contributed by atoms with Gasteiger partial charge in [0.1, 0.15) is 5.76 Å². The van der Waals surface area contributed by atoms with Crippen LogP contribution in [0.15, 0.2) is 10.6 Å². The van der Waals surface area contributed by atoms with Crippen LogP contribution in [0.5, 0.6) is 0 Å². The lowest BCUT2D eigenvalue weighted by atomic mass is 9.93. The highest BCUT2D eigenvalue weighted by Crippen LogP contribution is 2.18. The molecule has 1 aliphatic heterocycles. The molecule has 2 heterocycles. The van der Waals surface area contributed by atoms with Gasteiger partial charge in [-0.15, -0.1) is 0 Å². The van der Waals surface area contributed by atoms with E-state index in [1.165, 1.54) is 6.07 Å². The van der Waals surface area contributed by atoms with Gasteiger partial charge >= 0.3 is 5.97 Å². The van der Waals surface area contributed by atoms with Crippen LogP contribution in [0.2, 0.25) is 0 Å². The molecule has 1 aromatic rings. The summed E-state index contributed by atoms with van der Waals surface area (Å²) < 4.78 is 4.98. The van der Waals surface area contributed by atoms with E-state index in [4.69, 9.17) is 9.63 Å². The van der Waals surface area contributed by atoms with Crippen LogP contribution in [0, 0.1) is 5.92 Å². The fraction of sp³-hybridized carbons (Fsp3) is 0.600. The largest absolute Gasteiger partial charge is 0.476 e. The fourth-order valence-electron chi connectivity index (χ4n) is 1.88. The van der Waals surface area contributed by atoms with Gasteiger partial charge in [-0.25, -0.2) is 4.79 Å². The molecule has 5 nitrogen and oxygen atoms in total. The maximum absolute atomic E-state index is 10.6. The van der Waals surface area contributed by atoms with Gasteiger partial charge in [-0.2, -0.15) is 0 Å². The summed E-state index contributed by atoms with van der Waals surface area (Å²) in [4.78, 5) is 10.6. The molecule has 0 amide bonds. The van der Waals surface area contributed by atoms with Gasteiger partial charge in [0.25, 0.3) is 0 Å². The minimum Gasteiger partial charge on any atom is -0.476 e. The van der Waals surface area contributed by atoms with Gasteiger partial charge in [0, 0.05) is 12.5 Å². The Labute approximate surface area is 87.5 Å². The maximum atomic E-state index is 10.6. The van der Waals surface area contributed by atoms with Crippen molar-refractivity contribution in [2.75, 3.05) is 13.1 Å². The molecule has 2 rings (SSSR count). The summed E-state index contributed by atoms with van der Waals surface area (Å²) in [5, 5.41) is 15.4. The SMILES string of the molecule is O=C(O)c1cc(CC2CCNCC2)on1. The molecule has 0 aromatic carbocycles. The Hall–Kier alpha value is -1.36. The monoisotopic (exact) mass is 210 g/mol. The quantitative estimate of drug-likeness (QED) is 0.775. The number of hydrogen-bond donors (Lipinski definition) is 2. The van der Waals surface area contributed by atoms with Crippen molar-refractivity contribution in [3.05, 3.63) is 17.5 Å². The van der Waals surface area contributed by atoms with E-state index in [1.807, 2.05) is 0 Å². The molecule has 1 aliphatic rings. The Morgan fingerprint density at radius 2 is 2.33 bits per heavy atom. The molecule has 0 radical (unpaired) electrons. The predicted octanol–water partition coefficient (Wildman–Crippen LogP) is 0.915. The molecule has 1 saturated heterocycles. The fourth-order valence-corrected chi connectivity index (χ4v) is 1.88. The van der Waals surface area contributed by atoms with Gasteiger partial charge in [0.05, 0.1) is 0 Å². The minimum absolute atomic E-state index is 0.000987. The van der Waals surface area contributed by atoms with Crippen LogP contribution in [-0.4, -0.2) is 29.3 Å². The third kappa shape index (κ3) is 2.56. The number of aromatic carboxylic acids is 1. The van der Waals surface area contributed by atoms with E-state index in [-0.39, 0.29) is 5.69 Å². The molecule has 1 aromatic heterocycles. The number of hydrogen-bond acceptors (Lipinski definition) is 4. The first-order valence-electron chi connectivity index (χ1n) is 5.15. The second-order valence-corrected chi connectivity index (χ2v) is 3.88. The van der Waals surface area contributed by atoms with Crippen LogP contribution in [0.1, 0.15) is 29.1 Å². The van der Waals surface area contributed by atoms with Crippen LogP contribution >= 0.6 is 0 Å². The van der Waals surface area contributed by atoms with Crippen molar-refractivity contribution in [3.8, 4) is 0 Å². The molecule has 82 valence electrons. The summed E-state index contributed by atoms with van der Waals surface area (Å²) in [6, 6.07) is 1.52. The predicted molar refractivity (Wildman–Crippen MR) is 52.8 cm³/mol. The van der Waals surface area contributed by atoms with E-state index in [0.29, 0.717) is 11.7 Å². The maximum Gasteiger partial charge on any atom is 0.358 e. The second-order valence-electron chi connectivity index (χ2n) is 3.88. The molecule has 0 spiro atoms. The van der Waals surface area contributed by atoms with Crippen LogP contribution in [-0.2, 0) is 6.42 Å². The molecule has 1 fully saturated rings. The van der Waals surface area contributed by atoms with E-state index >= 15 is 0 Å². The topological polar surface area (TPSA) is 75.4 Å². The Morgan fingerprint density at radius 1 is 1.60 bits per heavy atom. The summed E-state index contributed by atoms with van der Waals surface area (Å²) in [6.07, 6.45) is 3.02. The number of aromatic nitrogens is 1. The molecule has 5 heteroatoms. The highest BCUT2D eigenvalue weighted by atomic mass is 16.5. The number of carboxylic acid groups (broad SMARTS) is 1. The first kappa shape index (κ1) is 10.2. The van der Waals surface area contributed by atoms with E-state index in [1.54, 1.807) is 0 Å². The van der Waals surface area contributed by atoms with Crippen molar-refractivity contribution in [2.24, 2.45) is 5.92 Å². The number of nitrogens with one attached hydrogen (secondary N) is 1. The number of rotatable bonds is 3. The highest BCUT2D eigenvalue weighted by molar-refractivity contribution is 5.85. The van der Waals surface area contributed by atoms with Crippen LogP contribution in [0.3, 0.4) is 0 Å². The zero-order valence-corrected chi connectivity index (χ0v) is 8.40. The first-order valence-corrected chi connectivity index (χ1v) is 5.15. The Balaban J connectivity index is 1.94. The van der Waals surface area contributed by atoms with Crippen molar-refractivity contribution >= 4 is 5.97 Å². The van der Waals surface area contributed by atoms with Crippen molar-refractivity contribution in [1.29, 1.82) is 0 Å². The summed E-state index contributed by atoms with van der Waals surface area (Å²) in [5.74, 6) is 0.232. The summed E-state index contributed by atoms with van der Waals surface area (Å²) in [7, 11) is 0. The number of carbonyl (C=O) groups is 1. The molecule has 0 bridgehead atoms. The van der Waals surface area contributed by atoms with Crippen LogP contribution in [0.4, 0.5) is 0 Å². The van der Waals surface area contributed by atoms with Crippen molar-refractivity contribution in [3.63, 3.8) is 0 Å². The van der Waals surface area contributed by atoms with E-state index < -0.39 is 5.97 Å². The molecule has 0 atom stereocenters. The Morgan fingerprint density at radius 3 is 2.93 bits per heavy atom.